The van der Waals surface area contributed by atoms with E-state index in [1.54, 1.807) is 37.4 Å². The number of nitrogens with one attached hydrogen (secondary N) is 4. The van der Waals surface area contributed by atoms with E-state index in [0.717, 1.165) is 12.5 Å². The number of nitrogens with zero attached hydrogens (tertiary/aromatic N) is 1. The number of carbonyl (C=O) groups is 5. The van der Waals surface area contributed by atoms with Gasteiger partial charge in [-0.1, -0.05) is 88.4 Å². The van der Waals surface area contributed by atoms with Gasteiger partial charge >= 0.3 is 0 Å². The van der Waals surface area contributed by atoms with Crippen LogP contribution >= 0.6 is 0 Å². The van der Waals surface area contributed by atoms with Crippen LogP contribution in [0.4, 0.5) is 0 Å². The zero-order chi connectivity index (χ0) is 48.5. The summed E-state index contributed by atoms with van der Waals surface area (Å²) < 4.78 is 51.3. The van der Waals surface area contributed by atoms with Gasteiger partial charge in [0, 0.05) is 26.6 Å². The van der Waals surface area contributed by atoms with Crippen molar-refractivity contribution in [1.82, 2.24) is 26.2 Å². The third kappa shape index (κ3) is 22.0. The molecule has 4 amide bonds. The standard InChI is InChI=1S/C47H73N5O13S/c1-34(2)29-39(43(54)47(5,58)33-65-66(59,60)28-27-64-26-25-63-24-23-61-6)49-46(57)41(31-37-15-11-8-12-16-37)51-45(56)40(30-35(3)4)50-44(55)38(18-17-36-13-9-7-10-14-36)48-42(53)32-52-19-21-62-22-20-52/h7-16,34-35,38-41,58H,17-33H2,1-6H3,(H,48,53)(H,49,57)(H,50,55)(H,51,56)/t38-,39-,40-,41-,47?/m0/s1. The van der Waals surface area contributed by atoms with Crippen molar-refractivity contribution in [2.24, 2.45) is 11.8 Å². The highest BCUT2D eigenvalue weighted by Gasteiger charge is 2.40. The van der Waals surface area contributed by atoms with Crippen LogP contribution in [0.1, 0.15) is 65.0 Å². The molecular weight excluding hydrogens is 875 g/mol. The fourth-order valence-electron chi connectivity index (χ4n) is 7.04. The van der Waals surface area contributed by atoms with Crippen molar-refractivity contribution >= 4 is 39.5 Å². The van der Waals surface area contributed by atoms with Crippen LogP contribution in [-0.2, 0) is 70.1 Å². The van der Waals surface area contributed by atoms with Gasteiger partial charge in [0.15, 0.2) is 5.78 Å². The number of hydrogen-bond acceptors (Lipinski definition) is 14. The molecule has 18 nitrogen and oxygen atoms in total. The number of benzene rings is 2. The van der Waals surface area contributed by atoms with E-state index in [2.05, 4.69) is 21.3 Å². The van der Waals surface area contributed by atoms with E-state index < -0.39 is 75.8 Å². The Bertz CT molecular complexity index is 1880. The van der Waals surface area contributed by atoms with Gasteiger partial charge < -0.3 is 45.3 Å². The third-order valence-electron chi connectivity index (χ3n) is 10.6. The van der Waals surface area contributed by atoms with Gasteiger partial charge in [-0.2, -0.15) is 8.42 Å². The second-order valence-corrected chi connectivity index (χ2v) is 19.3. The molecule has 0 aliphatic carbocycles. The molecule has 1 fully saturated rings. The average molecular weight is 948 g/mol. The summed E-state index contributed by atoms with van der Waals surface area (Å²) in [5.41, 5.74) is -0.698. The van der Waals surface area contributed by atoms with E-state index in [-0.39, 0.29) is 69.8 Å². The van der Waals surface area contributed by atoms with E-state index in [4.69, 9.17) is 23.1 Å². The number of aliphatic hydroxyl groups is 1. The summed E-state index contributed by atoms with van der Waals surface area (Å²) in [5, 5.41) is 22.6. The largest absolute Gasteiger partial charge is 0.382 e. The van der Waals surface area contributed by atoms with Crippen molar-refractivity contribution < 1.29 is 60.6 Å². The maximum atomic E-state index is 14.3. The predicted octanol–water partition coefficient (Wildman–Crippen LogP) is 1.57. The zero-order valence-corrected chi connectivity index (χ0v) is 40.3. The van der Waals surface area contributed by atoms with Gasteiger partial charge in [0.2, 0.25) is 23.6 Å². The van der Waals surface area contributed by atoms with Gasteiger partial charge in [0.05, 0.1) is 64.6 Å². The minimum Gasteiger partial charge on any atom is -0.382 e. The molecule has 1 aliphatic rings. The highest BCUT2D eigenvalue weighted by molar-refractivity contribution is 7.86. The number of Topliss-reactive ketones (excluding diaryl/α,β-unsaturated/α-hetero) is 1. The van der Waals surface area contributed by atoms with Gasteiger partial charge in [0.25, 0.3) is 10.1 Å². The molecule has 2 aromatic carbocycles. The van der Waals surface area contributed by atoms with E-state index in [9.17, 15) is 37.5 Å². The molecule has 5 N–H and O–H groups in total. The van der Waals surface area contributed by atoms with Crippen LogP contribution in [0.25, 0.3) is 0 Å². The number of ether oxygens (including phenoxy) is 4. The lowest BCUT2D eigenvalue weighted by molar-refractivity contribution is -0.143. The molecule has 5 atom stereocenters. The minimum absolute atomic E-state index is 0.000253. The number of amides is 4. The number of morpholine rings is 1. The van der Waals surface area contributed by atoms with Crippen molar-refractivity contribution in [3.63, 3.8) is 0 Å². The number of rotatable bonds is 32. The van der Waals surface area contributed by atoms with Gasteiger partial charge in [-0.3, -0.25) is 33.1 Å². The van der Waals surface area contributed by atoms with Gasteiger partial charge in [-0.25, -0.2) is 0 Å². The van der Waals surface area contributed by atoms with Gasteiger partial charge in [-0.15, -0.1) is 0 Å². The van der Waals surface area contributed by atoms with Gasteiger partial charge in [-0.05, 0) is 55.6 Å². The van der Waals surface area contributed by atoms with Crippen LogP contribution in [-0.4, -0.2) is 163 Å². The Labute approximate surface area is 390 Å². The second-order valence-electron chi connectivity index (χ2n) is 17.5. The molecule has 0 bridgehead atoms. The first-order valence-corrected chi connectivity index (χ1v) is 24.3. The summed E-state index contributed by atoms with van der Waals surface area (Å²) in [6, 6.07) is 13.8. The van der Waals surface area contributed by atoms with Crippen LogP contribution in [0.3, 0.4) is 0 Å². The Kier molecular flexibility index (Phi) is 25.0. The first-order chi connectivity index (χ1) is 31.4. The van der Waals surface area contributed by atoms with E-state index >= 15 is 0 Å². The summed E-state index contributed by atoms with van der Waals surface area (Å²) in [7, 11) is -2.69. The number of carbonyl (C=O) groups excluding carboxylic acids is 5. The summed E-state index contributed by atoms with van der Waals surface area (Å²) in [5.74, 6) is -3.99. The molecule has 1 saturated heterocycles. The van der Waals surface area contributed by atoms with E-state index in [0.29, 0.717) is 51.5 Å². The van der Waals surface area contributed by atoms with Crippen molar-refractivity contribution in [3.05, 3.63) is 71.8 Å². The highest BCUT2D eigenvalue weighted by atomic mass is 32.2. The molecule has 1 aliphatic heterocycles. The minimum atomic E-state index is -4.23. The van der Waals surface area contributed by atoms with Gasteiger partial charge in [0.1, 0.15) is 30.3 Å². The molecule has 1 unspecified atom stereocenters. The molecule has 0 spiro atoms. The summed E-state index contributed by atoms with van der Waals surface area (Å²) in [4.78, 5) is 71.9. The maximum absolute atomic E-state index is 14.3. The highest BCUT2D eigenvalue weighted by Crippen LogP contribution is 2.18. The lowest BCUT2D eigenvalue weighted by Crippen LogP contribution is -2.60. The third-order valence-corrected chi connectivity index (χ3v) is 11.8. The topological polar surface area (TPSA) is 237 Å². The lowest BCUT2D eigenvalue weighted by atomic mass is 9.90. The summed E-state index contributed by atoms with van der Waals surface area (Å²) in [6.45, 7) is 10.8. The number of ketones is 1. The molecule has 0 aromatic heterocycles. The molecule has 2 aromatic rings. The lowest BCUT2D eigenvalue weighted by Gasteiger charge is -2.30. The SMILES string of the molecule is COCCOCCOCCS(=O)(=O)OCC(C)(O)C(=O)[C@H](CC(C)C)NC(=O)[C@H](Cc1ccccc1)NC(=O)[C@H](CC(C)C)NC(=O)[C@H](CCc1ccccc1)NC(=O)CN1CCOCC1. The van der Waals surface area contributed by atoms with Crippen LogP contribution in [0, 0.1) is 11.8 Å². The smallest absolute Gasteiger partial charge is 0.269 e. The molecule has 0 saturated carbocycles. The molecular formula is C47H73N5O13S. The molecule has 3 rings (SSSR count). The van der Waals surface area contributed by atoms with E-state index in [1.807, 2.05) is 62.9 Å². The maximum Gasteiger partial charge on any atom is 0.269 e. The van der Waals surface area contributed by atoms with Crippen molar-refractivity contribution in [2.75, 3.05) is 85.4 Å². The summed E-state index contributed by atoms with van der Waals surface area (Å²) in [6.07, 6.45) is 0.989. The fourth-order valence-corrected chi connectivity index (χ4v) is 7.89. The quantitative estimate of drug-likeness (QED) is 0.0518. The zero-order valence-electron chi connectivity index (χ0n) is 39.5. The Morgan fingerprint density at radius 2 is 1.23 bits per heavy atom. The van der Waals surface area contributed by atoms with Crippen molar-refractivity contribution in [3.8, 4) is 0 Å². The summed E-state index contributed by atoms with van der Waals surface area (Å²) >= 11 is 0. The van der Waals surface area contributed by atoms with Crippen LogP contribution < -0.4 is 21.3 Å². The number of hydrogen-bond donors (Lipinski definition) is 5. The Morgan fingerprint density at radius 1 is 0.712 bits per heavy atom. The van der Waals surface area contributed by atoms with Crippen molar-refractivity contribution in [2.45, 2.75) is 96.5 Å². The fraction of sp³-hybridized carbons (Fsp3) is 0.638. The molecule has 0 radical (unpaired) electrons. The predicted molar refractivity (Wildman–Crippen MR) is 248 cm³/mol. The molecule has 370 valence electrons. The number of methoxy groups -OCH3 is 1. The average Bonchev–Trinajstić information content (AvgIpc) is 3.27. The van der Waals surface area contributed by atoms with Crippen LogP contribution in [0.15, 0.2) is 60.7 Å². The number of aryl methyl sites for hydroxylation is 1. The Balaban J connectivity index is 1.78. The van der Waals surface area contributed by atoms with Crippen molar-refractivity contribution in [1.29, 1.82) is 0 Å². The Hall–Kier alpha value is -4.34. The monoisotopic (exact) mass is 947 g/mol. The van der Waals surface area contributed by atoms with Crippen LogP contribution in [0.2, 0.25) is 0 Å². The second kappa shape index (κ2) is 29.4. The molecule has 66 heavy (non-hydrogen) atoms. The van der Waals surface area contributed by atoms with E-state index in [1.165, 1.54) is 0 Å². The molecule has 19 heteroatoms. The molecule has 1 heterocycles. The van der Waals surface area contributed by atoms with Crippen LogP contribution in [0.5, 0.6) is 0 Å². The Morgan fingerprint density at radius 3 is 1.83 bits per heavy atom. The first-order valence-electron chi connectivity index (χ1n) is 22.8. The normalized spacial score (nSPS) is 16.1. The first kappa shape index (κ1) is 56.0.